The van der Waals surface area contributed by atoms with E-state index < -0.39 is 23.1 Å². The molecular weight excluding hydrogens is 274 g/mol. The Bertz CT molecular complexity index is 401. The Morgan fingerprint density at radius 1 is 1.43 bits per heavy atom. The van der Waals surface area contributed by atoms with Crippen molar-refractivity contribution in [2.75, 3.05) is 26.3 Å². The molecule has 0 aliphatic carbocycles. The second-order valence-corrected chi connectivity index (χ2v) is 6.39. The van der Waals surface area contributed by atoms with Crippen molar-refractivity contribution in [2.45, 2.75) is 39.2 Å². The molecule has 120 valence electrons. The van der Waals surface area contributed by atoms with Gasteiger partial charge in [-0.1, -0.05) is 6.08 Å². The summed E-state index contributed by atoms with van der Waals surface area (Å²) in [6.07, 6.45) is 2.20. The van der Waals surface area contributed by atoms with Crippen LogP contribution >= 0.6 is 0 Å². The van der Waals surface area contributed by atoms with E-state index in [4.69, 9.17) is 9.47 Å². The summed E-state index contributed by atoms with van der Waals surface area (Å²) in [6.45, 7) is 9.86. The number of hydrogen-bond acceptors (Lipinski definition) is 4. The van der Waals surface area contributed by atoms with Gasteiger partial charge in [0, 0.05) is 13.1 Å². The Morgan fingerprint density at radius 3 is 2.62 bits per heavy atom. The van der Waals surface area contributed by atoms with Crippen molar-refractivity contribution in [3.8, 4) is 0 Å². The van der Waals surface area contributed by atoms with Gasteiger partial charge in [-0.2, -0.15) is 0 Å². The molecule has 0 bridgehead atoms. The third-order valence-electron chi connectivity index (χ3n) is 3.30. The highest BCUT2D eigenvalue weighted by Gasteiger charge is 2.44. The molecule has 0 aromatic carbocycles. The van der Waals surface area contributed by atoms with E-state index in [9.17, 15) is 14.7 Å². The van der Waals surface area contributed by atoms with Gasteiger partial charge >= 0.3 is 12.1 Å². The van der Waals surface area contributed by atoms with Gasteiger partial charge in [0.15, 0.2) is 0 Å². The van der Waals surface area contributed by atoms with Gasteiger partial charge in [-0.3, -0.25) is 4.79 Å². The average Bonchev–Trinajstić information content (AvgIpc) is 2.37. The lowest BCUT2D eigenvalue weighted by Crippen LogP contribution is -2.53. The summed E-state index contributed by atoms with van der Waals surface area (Å²) in [5, 5.41) is 9.54. The maximum Gasteiger partial charge on any atom is 0.410 e. The Hall–Kier alpha value is -1.56. The number of likely N-dealkylation sites (tertiary alicyclic amines) is 1. The van der Waals surface area contributed by atoms with Gasteiger partial charge < -0.3 is 19.5 Å². The Labute approximate surface area is 125 Å². The maximum absolute atomic E-state index is 12.1. The summed E-state index contributed by atoms with van der Waals surface area (Å²) in [5.41, 5.74) is -1.67. The molecule has 1 amide bonds. The predicted molar refractivity (Wildman–Crippen MR) is 78.1 cm³/mol. The molecule has 1 fully saturated rings. The monoisotopic (exact) mass is 299 g/mol. The molecule has 1 saturated heterocycles. The number of carboxylic acid groups (broad SMARTS) is 1. The van der Waals surface area contributed by atoms with Crippen molar-refractivity contribution in [1.82, 2.24) is 4.90 Å². The minimum atomic E-state index is -1.07. The molecule has 0 aromatic rings. The zero-order chi connectivity index (χ0) is 16.1. The van der Waals surface area contributed by atoms with Crippen molar-refractivity contribution in [2.24, 2.45) is 5.41 Å². The molecule has 6 nitrogen and oxygen atoms in total. The fraction of sp³-hybridized carbons (Fsp3) is 0.733. The fourth-order valence-electron chi connectivity index (χ4n) is 2.31. The molecule has 1 unspecified atom stereocenters. The van der Waals surface area contributed by atoms with E-state index in [1.54, 1.807) is 26.8 Å². The van der Waals surface area contributed by atoms with Crippen LogP contribution in [-0.2, 0) is 14.3 Å². The van der Waals surface area contributed by atoms with Gasteiger partial charge in [-0.15, -0.1) is 6.58 Å². The number of rotatable bonds is 5. The van der Waals surface area contributed by atoms with E-state index in [2.05, 4.69) is 6.58 Å². The molecule has 1 N–H and O–H groups in total. The molecular formula is C15H25NO5. The van der Waals surface area contributed by atoms with Crippen LogP contribution in [0.2, 0.25) is 0 Å². The minimum absolute atomic E-state index is 0.0631. The number of nitrogens with zero attached hydrogens (tertiary/aromatic N) is 1. The van der Waals surface area contributed by atoms with Crippen LogP contribution in [0.25, 0.3) is 0 Å². The van der Waals surface area contributed by atoms with E-state index in [0.29, 0.717) is 26.0 Å². The first-order valence-corrected chi connectivity index (χ1v) is 7.10. The number of carbonyl (C=O) groups excluding carboxylic acids is 1. The van der Waals surface area contributed by atoms with Gasteiger partial charge in [-0.25, -0.2) is 4.79 Å². The number of hydrogen-bond donors (Lipinski definition) is 1. The van der Waals surface area contributed by atoms with Crippen LogP contribution in [0.5, 0.6) is 0 Å². The molecule has 0 radical (unpaired) electrons. The van der Waals surface area contributed by atoms with Crippen molar-refractivity contribution in [3.63, 3.8) is 0 Å². The molecule has 0 saturated carbocycles. The molecule has 1 aliphatic heterocycles. The highest BCUT2D eigenvalue weighted by atomic mass is 16.6. The summed E-state index contributed by atoms with van der Waals surface area (Å²) in [4.78, 5) is 25.2. The number of amides is 1. The summed E-state index contributed by atoms with van der Waals surface area (Å²) in [6, 6.07) is 0. The third kappa shape index (κ3) is 5.04. The fourth-order valence-corrected chi connectivity index (χ4v) is 2.31. The Balaban J connectivity index is 2.76. The van der Waals surface area contributed by atoms with Crippen molar-refractivity contribution in [3.05, 3.63) is 12.7 Å². The first kappa shape index (κ1) is 17.5. The Morgan fingerprint density at radius 2 is 2.10 bits per heavy atom. The van der Waals surface area contributed by atoms with Crippen LogP contribution in [-0.4, -0.2) is 54.0 Å². The lowest BCUT2D eigenvalue weighted by Gasteiger charge is -2.39. The quantitative estimate of drug-likeness (QED) is 0.622. The van der Waals surface area contributed by atoms with E-state index in [0.717, 1.165) is 0 Å². The molecule has 1 aliphatic rings. The standard InChI is InChI=1S/C15H25NO5/c1-5-9-20-11-15(12(17)18)7-6-8-16(10-15)13(19)21-14(2,3)4/h5H,1,6-11H2,2-4H3,(H,17,18). The normalized spacial score (nSPS) is 22.7. The third-order valence-corrected chi connectivity index (χ3v) is 3.30. The first-order chi connectivity index (χ1) is 9.70. The van der Waals surface area contributed by atoms with Crippen LogP contribution in [0.1, 0.15) is 33.6 Å². The maximum atomic E-state index is 12.1. The van der Waals surface area contributed by atoms with Crippen LogP contribution in [0.4, 0.5) is 4.79 Å². The van der Waals surface area contributed by atoms with Gasteiger partial charge in [0.2, 0.25) is 0 Å². The zero-order valence-corrected chi connectivity index (χ0v) is 13.1. The molecule has 1 rings (SSSR count). The van der Waals surface area contributed by atoms with Crippen LogP contribution < -0.4 is 0 Å². The number of carboxylic acids is 1. The molecule has 1 heterocycles. The molecule has 6 heteroatoms. The highest BCUT2D eigenvalue weighted by molar-refractivity contribution is 5.77. The lowest BCUT2D eigenvalue weighted by atomic mass is 9.80. The molecule has 1 atom stereocenters. The van der Waals surface area contributed by atoms with E-state index in [1.807, 2.05) is 0 Å². The van der Waals surface area contributed by atoms with Crippen molar-refractivity contribution in [1.29, 1.82) is 0 Å². The summed E-state index contributed by atoms with van der Waals surface area (Å²) in [7, 11) is 0. The second-order valence-electron chi connectivity index (χ2n) is 6.39. The van der Waals surface area contributed by atoms with Crippen molar-refractivity contribution < 1.29 is 24.2 Å². The second kappa shape index (κ2) is 6.93. The predicted octanol–water partition coefficient (Wildman–Crippen LogP) is 2.29. The minimum Gasteiger partial charge on any atom is -0.481 e. The highest BCUT2D eigenvalue weighted by Crippen LogP contribution is 2.31. The number of carbonyl (C=O) groups is 2. The lowest BCUT2D eigenvalue weighted by molar-refractivity contribution is -0.156. The molecule has 21 heavy (non-hydrogen) atoms. The van der Waals surface area contributed by atoms with E-state index in [1.165, 1.54) is 4.90 Å². The van der Waals surface area contributed by atoms with E-state index in [-0.39, 0.29) is 13.2 Å². The SMILES string of the molecule is C=CCOCC1(C(=O)O)CCCN(C(=O)OC(C)(C)C)C1. The topological polar surface area (TPSA) is 76.1 Å². The van der Waals surface area contributed by atoms with Gasteiger partial charge in [0.25, 0.3) is 0 Å². The number of aliphatic carboxylic acids is 1. The largest absolute Gasteiger partial charge is 0.481 e. The van der Waals surface area contributed by atoms with Crippen LogP contribution in [0.3, 0.4) is 0 Å². The molecule has 0 aromatic heterocycles. The summed E-state index contributed by atoms with van der Waals surface area (Å²) in [5.74, 6) is -0.945. The molecule has 0 spiro atoms. The zero-order valence-electron chi connectivity index (χ0n) is 13.1. The smallest absolute Gasteiger partial charge is 0.410 e. The summed E-state index contributed by atoms with van der Waals surface area (Å²) >= 11 is 0. The summed E-state index contributed by atoms with van der Waals surface area (Å²) < 4.78 is 10.7. The van der Waals surface area contributed by atoms with Crippen LogP contribution in [0.15, 0.2) is 12.7 Å². The van der Waals surface area contributed by atoms with Gasteiger partial charge in [-0.05, 0) is 33.6 Å². The van der Waals surface area contributed by atoms with Gasteiger partial charge in [0.1, 0.15) is 11.0 Å². The number of piperidine rings is 1. The van der Waals surface area contributed by atoms with Gasteiger partial charge in [0.05, 0.1) is 13.2 Å². The van der Waals surface area contributed by atoms with Crippen LogP contribution in [0, 0.1) is 5.41 Å². The number of ether oxygens (including phenoxy) is 2. The Kier molecular flexibility index (Phi) is 5.78. The first-order valence-electron chi connectivity index (χ1n) is 7.10. The average molecular weight is 299 g/mol. The van der Waals surface area contributed by atoms with E-state index >= 15 is 0 Å². The van der Waals surface area contributed by atoms with Crippen molar-refractivity contribution >= 4 is 12.1 Å².